The topological polar surface area (TPSA) is 96.9 Å². The van der Waals surface area contributed by atoms with Crippen molar-refractivity contribution < 1.29 is 8.78 Å². The molecule has 6 heterocycles. The Bertz CT molecular complexity index is 1570. The lowest BCUT2D eigenvalue weighted by molar-refractivity contribution is -0.00869. The number of nitrogens with zero attached hydrogens (tertiary/aromatic N) is 6. The molecule has 0 amide bonds. The van der Waals surface area contributed by atoms with Crippen molar-refractivity contribution in [2.45, 2.75) is 36.5 Å². The molecule has 2 aromatic heterocycles. The van der Waals surface area contributed by atoms with Gasteiger partial charge in [0.25, 0.3) is 0 Å². The zero-order chi connectivity index (χ0) is 28.5. The number of pyridine rings is 1. The smallest absolute Gasteiger partial charge is 0.333 e. The Labute approximate surface area is 241 Å². The zero-order valence-electron chi connectivity index (χ0n) is 22.3. The van der Waals surface area contributed by atoms with E-state index in [0.717, 1.165) is 37.2 Å². The van der Waals surface area contributed by atoms with Crippen LogP contribution in [-0.4, -0.2) is 57.3 Å². The van der Waals surface area contributed by atoms with E-state index < -0.39 is 6.55 Å². The number of piperazine rings is 1. The van der Waals surface area contributed by atoms with Crippen LogP contribution in [0.4, 0.5) is 14.6 Å². The number of allylic oxidation sites excluding steroid dienone is 4. The Hall–Kier alpha value is -4.27. The highest BCUT2D eigenvalue weighted by atomic mass is 32.2. The molecule has 8 nitrogen and oxygen atoms in total. The fraction of sp³-hybridized carbons (Fsp3) is 0.267. The summed E-state index contributed by atoms with van der Waals surface area (Å²) in [7, 11) is 0. The molecule has 41 heavy (non-hydrogen) atoms. The number of fused-ring (bicyclic) bond motifs is 2. The number of nitriles is 1. The van der Waals surface area contributed by atoms with Crippen LogP contribution in [-0.2, 0) is 6.54 Å². The third kappa shape index (κ3) is 5.28. The van der Waals surface area contributed by atoms with E-state index in [0.29, 0.717) is 39.2 Å². The molecule has 3 aromatic rings. The molecular formula is C30H28F2N8S. The molecule has 7 rings (SSSR count). The third-order valence-electron chi connectivity index (χ3n) is 7.86. The molecule has 3 fully saturated rings. The number of hydrogen-bond donors (Lipinski definition) is 2. The number of anilines is 1. The Morgan fingerprint density at radius 1 is 1.17 bits per heavy atom. The molecule has 2 unspecified atom stereocenters. The van der Waals surface area contributed by atoms with Crippen molar-refractivity contribution in [1.82, 2.24) is 25.0 Å². The van der Waals surface area contributed by atoms with Crippen LogP contribution in [0.1, 0.15) is 29.7 Å². The molecule has 2 atom stereocenters. The summed E-state index contributed by atoms with van der Waals surface area (Å²) in [6, 6.07) is 15.8. The van der Waals surface area contributed by atoms with E-state index in [2.05, 4.69) is 50.7 Å². The molecule has 3 saturated heterocycles. The van der Waals surface area contributed by atoms with Gasteiger partial charge in [0.1, 0.15) is 11.9 Å². The van der Waals surface area contributed by atoms with Gasteiger partial charge in [0, 0.05) is 83.7 Å². The first-order valence-electron chi connectivity index (χ1n) is 13.2. The third-order valence-corrected chi connectivity index (χ3v) is 8.61. The lowest BCUT2D eigenvalue weighted by Crippen LogP contribution is -2.68. The minimum Gasteiger partial charge on any atom is -0.359 e. The maximum absolute atomic E-state index is 13.1. The SMILES string of the molecule is CSc1ccc(CN2C3CC2CN(c2ccc(C4=CC(c5cnn(C(F)F)c5)=CN/C4=C(/C#N)C=N)cn2)C3)cc1. The number of thioether (sulfide) groups is 1. The molecule has 4 aliphatic rings. The van der Waals surface area contributed by atoms with Crippen LogP contribution < -0.4 is 10.2 Å². The fourth-order valence-electron chi connectivity index (χ4n) is 5.67. The molecule has 0 aliphatic carbocycles. The van der Waals surface area contributed by atoms with E-state index in [1.807, 2.05) is 18.2 Å². The van der Waals surface area contributed by atoms with E-state index in [9.17, 15) is 14.0 Å². The van der Waals surface area contributed by atoms with Crippen molar-refractivity contribution in [3.8, 4) is 6.07 Å². The summed E-state index contributed by atoms with van der Waals surface area (Å²) >= 11 is 1.75. The Morgan fingerprint density at radius 3 is 2.56 bits per heavy atom. The minimum atomic E-state index is -2.74. The van der Waals surface area contributed by atoms with Gasteiger partial charge in [0.05, 0.1) is 17.5 Å². The Balaban J connectivity index is 1.20. The van der Waals surface area contributed by atoms with Crippen molar-refractivity contribution in [2.75, 3.05) is 24.2 Å². The highest BCUT2D eigenvalue weighted by Crippen LogP contribution is 2.37. The molecule has 0 radical (unpaired) electrons. The van der Waals surface area contributed by atoms with E-state index in [4.69, 9.17) is 10.4 Å². The first-order valence-corrected chi connectivity index (χ1v) is 14.5. The molecule has 2 N–H and O–H groups in total. The maximum Gasteiger partial charge on any atom is 0.333 e. The van der Waals surface area contributed by atoms with Gasteiger partial charge in [0.2, 0.25) is 0 Å². The lowest BCUT2D eigenvalue weighted by Gasteiger charge is -2.56. The normalized spacial score (nSPS) is 21.4. The number of rotatable bonds is 8. The summed E-state index contributed by atoms with van der Waals surface area (Å²) in [5.41, 5.74) is 4.47. The summed E-state index contributed by atoms with van der Waals surface area (Å²) in [6.45, 7) is 0.0447. The van der Waals surface area contributed by atoms with E-state index in [1.165, 1.54) is 29.3 Å². The number of alkyl halides is 2. The Kier molecular flexibility index (Phi) is 7.43. The number of halogens is 2. The van der Waals surface area contributed by atoms with Gasteiger partial charge in [-0.15, -0.1) is 11.8 Å². The van der Waals surface area contributed by atoms with Crippen molar-refractivity contribution >= 4 is 34.9 Å². The number of benzene rings is 1. The summed E-state index contributed by atoms with van der Waals surface area (Å²) in [5.74, 6) is 0.892. The first kappa shape index (κ1) is 26.9. The zero-order valence-corrected chi connectivity index (χ0v) is 23.2. The molecule has 4 aliphatic heterocycles. The van der Waals surface area contributed by atoms with Gasteiger partial charge in [-0.2, -0.15) is 19.1 Å². The monoisotopic (exact) mass is 570 g/mol. The second kappa shape index (κ2) is 11.3. The summed E-state index contributed by atoms with van der Waals surface area (Å²) in [6.07, 6.45) is 12.1. The average Bonchev–Trinajstić information content (AvgIpc) is 3.52. The molecule has 1 aromatic carbocycles. The van der Waals surface area contributed by atoms with Crippen molar-refractivity contribution in [2.24, 2.45) is 0 Å². The van der Waals surface area contributed by atoms with Crippen molar-refractivity contribution in [1.29, 1.82) is 10.7 Å². The lowest BCUT2D eigenvalue weighted by atomic mass is 9.86. The summed E-state index contributed by atoms with van der Waals surface area (Å²) in [5, 5.41) is 24.1. The first-order chi connectivity index (χ1) is 20.0. The molecule has 11 heteroatoms. The van der Waals surface area contributed by atoms with Crippen LogP contribution in [0.15, 0.2) is 83.4 Å². The largest absolute Gasteiger partial charge is 0.359 e. The number of piperidine rings is 1. The van der Waals surface area contributed by atoms with Gasteiger partial charge in [-0.3, -0.25) is 4.90 Å². The van der Waals surface area contributed by atoms with Crippen molar-refractivity contribution in [3.63, 3.8) is 0 Å². The van der Waals surface area contributed by atoms with Crippen molar-refractivity contribution in [3.05, 3.63) is 95.2 Å². The predicted octanol–water partition coefficient (Wildman–Crippen LogP) is 5.31. The standard InChI is InChI=1S/C30H28F2N8S/c1-41-26-5-2-19(3-6-26)15-39-24-9-25(39)18-38(17-24)28-7-4-20(12-35-28)27-8-21(13-36-29(27)22(10-33)11-34)23-14-37-40(16-23)30(31)32/h2-8,10,12-14,16,24-25,30,33,36H,9,15,17-18H2,1H3/b29-22+,33-10?. The second-order valence-corrected chi connectivity index (χ2v) is 11.1. The fourth-order valence-corrected chi connectivity index (χ4v) is 6.08. The molecule has 208 valence electrons. The quantitative estimate of drug-likeness (QED) is 0.215. The van der Waals surface area contributed by atoms with Crippen LogP contribution in [0.5, 0.6) is 0 Å². The number of dihydropyridines is 1. The van der Waals surface area contributed by atoms with E-state index >= 15 is 0 Å². The van der Waals surface area contributed by atoms with Gasteiger partial charge in [0.15, 0.2) is 0 Å². The van der Waals surface area contributed by atoms with Gasteiger partial charge < -0.3 is 15.6 Å². The van der Waals surface area contributed by atoms with Crippen LogP contribution >= 0.6 is 11.8 Å². The molecule has 2 bridgehead atoms. The molecule has 0 spiro atoms. The predicted molar refractivity (Wildman–Crippen MR) is 156 cm³/mol. The van der Waals surface area contributed by atoms with Gasteiger partial charge in [-0.05, 0) is 48.6 Å². The van der Waals surface area contributed by atoms with Gasteiger partial charge in [-0.1, -0.05) is 12.1 Å². The van der Waals surface area contributed by atoms with Crippen LogP contribution in [0.3, 0.4) is 0 Å². The highest BCUT2D eigenvalue weighted by molar-refractivity contribution is 7.98. The maximum atomic E-state index is 13.1. The number of nitrogens with one attached hydrogen (secondary N) is 2. The van der Waals surface area contributed by atoms with Gasteiger partial charge >= 0.3 is 6.55 Å². The summed E-state index contributed by atoms with van der Waals surface area (Å²) < 4.78 is 26.7. The molecular weight excluding hydrogens is 542 g/mol. The summed E-state index contributed by atoms with van der Waals surface area (Å²) in [4.78, 5) is 11.0. The molecule has 0 saturated carbocycles. The average molecular weight is 571 g/mol. The van der Waals surface area contributed by atoms with Crippen LogP contribution in [0.25, 0.3) is 11.1 Å². The Morgan fingerprint density at radius 2 is 1.95 bits per heavy atom. The highest BCUT2D eigenvalue weighted by Gasteiger charge is 2.44. The van der Waals surface area contributed by atoms with Crippen LogP contribution in [0.2, 0.25) is 0 Å². The number of hydrogen-bond acceptors (Lipinski definition) is 8. The minimum absolute atomic E-state index is 0.151. The van der Waals surface area contributed by atoms with Gasteiger partial charge in [-0.25, -0.2) is 9.67 Å². The van der Waals surface area contributed by atoms with E-state index in [-0.39, 0.29) is 5.57 Å². The second-order valence-electron chi connectivity index (χ2n) is 10.2. The van der Waals surface area contributed by atoms with Crippen LogP contribution in [0, 0.1) is 16.7 Å². The number of aromatic nitrogens is 3. The van der Waals surface area contributed by atoms with E-state index in [1.54, 1.807) is 30.2 Å².